The summed E-state index contributed by atoms with van der Waals surface area (Å²) in [5, 5.41) is 0.934. The van der Waals surface area contributed by atoms with Gasteiger partial charge in [-0.2, -0.15) is 0 Å². The molecule has 2 nitrogen and oxygen atoms in total. The van der Waals surface area contributed by atoms with Gasteiger partial charge in [0.15, 0.2) is 0 Å². The second kappa shape index (κ2) is 5.78. The molecule has 2 unspecified atom stereocenters. The highest BCUT2D eigenvalue weighted by Gasteiger charge is 2.23. The molecule has 1 aliphatic rings. The molecule has 0 aliphatic carbocycles. The lowest BCUT2D eigenvalue weighted by Gasteiger charge is -2.35. The van der Waals surface area contributed by atoms with Crippen molar-refractivity contribution in [1.82, 2.24) is 4.90 Å². The van der Waals surface area contributed by atoms with E-state index in [0.717, 1.165) is 25.0 Å². The molecule has 0 aromatic rings. The van der Waals surface area contributed by atoms with Crippen LogP contribution in [0.1, 0.15) is 13.8 Å². The molecule has 0 saturated carbocycles. The fourth-order valence-corrected chi connectivity index (χ4v) is 1.99. The Labute approximate surface area is 89.1 Å². The average Bonchev–Trinajstić information content (AvgIpc) is 2.14. The molecule has 0 bridgehead atoms. The minimum absolute atomic E-state index is 0.356. The molecule has 0 N–H and O–H groups in total. The van der Waals surface area contributed by atoms with Crippen LogP contribution < -0.4 is 0 Å². The van der Waals surface area contributed by atoms with Gasteiger partial charge >= 0.3 is 0 Å². The summed E-state index contributed by atoms with van der Waals surface area (Å²) < 4.78 is 5.73. The van der Waals surface area contributed by atoms with Crippen LogP contribution in [0.3, 0.4) is 0 Å². The monoisotopic (exact) mass is 247 g/mol. The molecule has 1 rings (SSSR count). The van der Waals surface area contributed by atoms with Crippen LogP contribution in [-0.4, -0.2) is 42.1 Å². The fourth-order valence-electron chi connectivity index (χ4n) is 1.63. The van der Waals surface area contributed by atoms with E-state index < -0.39 is 0 Å². The van der Waals surface area contributed by atoms with Crippen LogP contribution in [0.15, 0.2) is 12.2 Å². The van der Waals surface area contributed by atoms with Crippen LogP contribution in [0.5, 0.6) is 0 Å². The summed E-state index contributed by atoms with van der Waals surface area (Å²) in [4.78, 5) is 2.43. The summed E-state index contributed by atoms with van der Waals surface area (Å²) >= 11 is 3.46. The molecular weight excluding hydrogens is 230 g/mol. The molecule has 3 heteroatoms. The first-order chi connectivity index (χ1) is 6.26. The van der Waals surface area contributed by atoms with Crippen LogP contribution in [0, 0.1) is 0 Å². The summed E-state index contributed by atoms with van der Waals surface area (Å²) in [7, 11) is 0. The molecule has 0 aromatic heterocycles. The van der Waals surface area contributed by atoms with E-state index in [1.54, 1.807) is 0 Å². The molecule has 0 amide bonds. The van der Waals surface area contributed by atoms with Crippen molar-refractivity contribution in [2.45, 2.75) is 26.1 Å². The van der Waals surface area contributed by atoms with Crippen LogP contribution in [0.25, 0.3) is 0 Å². The van der Waals surface area contributed by atoms with Crippen molar-refractivity contribution in [3.63, 3.8) is 0 Å². The molecule has 2 atom stereocenters. The number of ether oxygens (including phenoxy) is 1. The van der Waals surface area contributed by atoms with Crippen LogP contribution >= 0.6 is 15.9 Å². The topological polar surface area (TPSA) is 12.5 Å². The number of alkyl halides is 1. The van der Waals surface area contributed by atoms with Crippen LogP contribution in [0.4, 0.5) is 0 Å². The van der Waals surface area contributed by atoms with Crippen molar-refractivity contribution in [2.75, 3.05) is 25.0 Å². The predicted molar refractivity (Wildman–Crippen MR) is 59.4 cm³/mol. The molecule has 0 radical (unpaired) electrons. The standard InChI is InChI=1S/C10H18BrNO/c1-3-4-5-12-7-9(2)13-10(6-11)8-12/h3-4,9-10H,5-8H2,1-2H3/b4-3+. The summed E-state index contributed by atoms with van der Waals surface area (Å²) in [6.07, 6.45) is 5.02. The highest BCUT2D eigenvalue weighted by atomic mass is 79.9. The van der Waals surface area contributed by atoms with Gasteiger partial charge in [0.25, 0.3) is 0 Å². The number of rotatable bonds is 3. The zero-order chi connectivity index (χ0) is 9.68. The Morgan fingerprint density at radius 1 is 1.54 bits per heavy atom. The maximum absolute atomic E-state index is 5.73. The van der Waals surface area contributed by atoms with Crippen molar-refractivity contribution in [2.24, 2.45) is 0 Å². The normalized spacial score (nSPS) is 31.3. The molecule has 13 heavy (non-hydrogen) atoms. The van der Waals surface area contributed by atoms with E-state index in [-0.39, 0.29) is 0 Å². The molecule has 0 spiro atoms. The quantitative estimate of drug-likeness (QED) is 0.560. The Balaban J connectivity index is 2.37. The largest absolute Gasteiger partial charge is 0.372 e. The van der Waals surface area contributed by atoms with E-state index in [0.29, 0.717) is 12.2 Å². The lowest BCUT2D eigenvalue weighted by Crippen LogP contribution is -2.47. The van der Waals surface area contributed by atoms with E-state index in [1.165, 1.54) is 0 Å². The van der Waals surface area contributed by atoms with Crippen molar-refractivity contribution in [3.05, 3.63) is 12.2 Å². The summed E-state index contributed by atoms with van der Waals surface area (Å²) in [6, 6.07) is 0. The number of allylic oxidation sites excluding steroid dienone is 1. The zero-order valence-corrected chi connectivity index (χ0v) is 9.96. The molecule has 1 aliphatic heterocycles. The Bertz CT molecular complexity index is 172. The smallest absolute Gasteiger partial charge is 0.0802 e. The predicted octanol–water partition coefficient (Wildman–Crippen LogP) is 2.05. The average molecular weight is 248 g/mol. The first-order valence-corrected chi connectivity index (χ1v) is 5.93. The van der Waals surface area contributed by atoms with E-state index in [1.807, 2.05) is 0 Å². The summed E-state index contributed by atoms with van der Waals surface area (Å²) in [5.41, 5.74) is 0. The molecule has 1 heterocycles. The molecule has 0 aromatic carbocycles. The van der Waals surface area contributed by atoms with Gasteiger partial charge in [0.1, 0.15) is 0 Å². The number of hydrogen-bond acceptors (Lipinski definition) is 2. The Kier molecular flexibility index (Phi) is 4.99. The Morgan fingerprint density at radius 2 is 2.31 bits per heavy atom. The molecule has 76 valence electrons. The van der Waals surface area contributed by atoms with Gasteiger partial charge in [-0.05, 0) is 13.8 Å². The van der Waals surface area contributed by atoms with Gasteiger partial charge in [0.2, 0.25) is 0 Å². The maximum Gasteiger partial charge on any atom is 0.0802 e. The van der Waals surface area contributed by atoms with Crippen LogP contribution in [-0.2, 0) is 4.74 Å². The Morgan fingerprint density at radius 3 is 2.92 bits per heavy atom. The Hall–Kier alpha value is 0.140. The van der Waals surface area contributed by atoms with Gasteiger partial charge in [-0.1, -0.05) is 28.1 Å². The van der Waals surface area contributed by atoms with Gasteiger partial charge in [-0.3, -0.25) is 4.90 Å². The van der Waals surface area contributed by atoms with Crippen LogP contribution in [0.2, 0.25) is 0 Å². The number of hydrogen-bond donors (Lipinski definition) is 0. The third kappa shape index (κ3) is 3.79. The third-order valence-electron chi connectivity index (χ3n) is 2.17. The van der Waals surface area contributed by atoms with Crippen molar-refractivity contribution >= 4 is 15.9 Å². The SMILES string of the molecule is C/C=C/CN1CC(C)OC(CBr)C1. The van der Waals surface area contributed by atoms with Gasteiger partial charge in [-0.15, -0.1) is 0 Å². The molecule has 1 saturated heterocycles. The van der Waals surface area contributed by atoms with E-state index >= 15 is 0 Å². The second-order valence-corrected chi connectivity index (χ2v) is 4.16. The minimum atomic E-state index is 0.356. The number of halogens is 1. The van der Waals surface area contributed by atoms with Gasteiger partial charge in [-0.25, -0.2) is 0 Å². The van der Waals surface area contributed by atoms with Gasteiger partial charge in [0, 0.05) is 25.0 Å². The van der Waals surface area contributed by atoms with Crippen molar-refractivity contribution in [1.29, 1.82) is 0 Å². The number of nitrogens with zero attached hydrogens (tertiary/aromatic N) is 1. The first-order valence-electron chi connectivity index (χ1n) is 4.81. The van der Waals surface area contributed by atoms with Gasteiger partial charge in [0.05, 0.1) is 12.2 Å². The molecular formula is C10H18BrNO. The highest BCUT2D eigenvalue weighted by Crippen LogP contribution is 2.12. The molecule has 1 fully saturated rings. The third-order valence-corrected chi connectivity index (χ3v) is 2.90. The van der Waals surface area contributed by atoms with Crippen molar-refractivity contribution in [3.8, 4) is 0 Å². The lowest BCUT2D eigenvalue weighted by molar-refractivity contribution is -0.0618. The fraction of sp³-hybridized carbons (Fsp3) is 0.800. The first kappa shape index (κ1) is 11.2. The second-order valence-electron chi connectivity index (χ2n) is 3.51. The zero-order valence-electron chi connectivity index (χ0n) is 8.37. The van der Waals surface area contributed by atoms with Crippen molar-refractivity contribution < 1.29 is 4.74 Å². The van der Waals surface area contributed by atoms with E-state index in [2.05, 4.69) is 46.8 Å². The van der Waals surface area contributed by atoms with E-state index in [9.17, 15) is 0 Å². The summed E-state index contributed by atoms with van der Waals surface area (Å²) in [6.45, 7) is 7.34. The summed E-state index contributed by atoms with van der Waals surface area (Å²) in [5.74, 6) is 0. The maximum atomic E-state index is 5.73. The van der Waals surface area contributed by atoms with Gasteiger partial charge < -0.3 is 4.74 Å². The lowest BCUT2D eigenvalue weighted by atomic mass is 10.2. The number of morpholine rings is 1. The van der Waals surface area contributed by atoms with E-state index in [4.69, 9.17) is 4.74 Å². The minimum Gasteiger partial charge on any atom is -0.372 e. The highest BCUT2D eigenvalue weighted by molar-refractivity contribution is 9.09.